The molecule has 19 heavy (non-hydrogen) atoms. The zero-order chi connectivity index (χ0) is 14.0. The third-order valence-electron chi connectivity index (χ3n) is 2.80. The molecule has 4 nitrogen and oxygen atoms in total. The van der Waals surface area contributed by atoms with E-state index in [-0.39, 0.29) is 5.69 Å². The van der Waals surface area contributed by atoms with Crippen molar-refractivity contribution in [3.05, 3.63) is 23.8 Å². The molecule has 1 aromatic carbocycles. The van der Waals surface area contributed by atoms with Gasteiger partial charge in [-0.3, -0.25) is 9.00 Å². The first-order valence-corrected chi connectivity index (χ1v) is 7.19. The summed E-state index contributed by atoms with van der Waals surface area (Å²) in [7, 11) is -2.06. The van der Waals surface area contributed by atoms with E-state index in [0.717, 1.165) is 25.0 Å². The number of carbonyl (C=O) groups excluding carboxylic acids is 1. The minimum Gasteiger partial charge on any atom is -0.399 e. The van der Waals surface area contributed by atoms with Crippen molar-refractivity contribution in [3.63, 3.8) is 0 Å². The third-order valence-corrected chi connectivity index (χ3v) is 4.17. The molecular weight excluding hydrogens is 274 g/mol. The number of amides is 1. The summed E-state index contributed by atoms with van der Waals surface area (Å²) in [5.74, 6) is -2.43. The van der Waals surface area contributed by atoms with Crippen molar-refractivity contribution in [2.75, 3.05) is 18.0 Å². The highest BCUT2D eigenvalue weighted by atomic mass is 32.2. The highest BCUT2D eigenvalue weighted by Crippen LogP contribution is 2.27. The molecule has 1 fully saturated rings. The van der Waals surface area contributed by atoms with Crippen LogP contribution < -0.4 is 11.1 Å². The first-order valence-electron chi connectivity index (χ1n) is 5.87. The van der Waals surface area contributed by atoms with Gasteiger partial charge in [-0.2, -0.15) is 0 Å². The quantitative estimate of drug-likeness (QED) is 0.799. The Hall–Kier alpha value is -1.50. The molecule has 3 N–H and O–H groups in total. The smallest absolute Gasteiger partial charge is 0.233 e. The maximum Gasteiger partial charge on any atom is 0.233 e. The van der Waals surface area contributed by atoms with Crippen LogP contribution in [0.25, 0.3) is 0 Å². The number of halogens is 2. The van der Waals surface area contributed by atoms with Crippen LogP contribution in [0, 0.1) is 17.6 Å². The summed E-state index contributed by atoms with van der Waals surface area (Å²) in [4.78, 5) is 10.9. The van der Waals surface area contributed by atoms with Crippen LogP contribution in [0.3, 0.4) is 0 Å². The minimum absolute atomic E-state index is 0.0889. The Morgan fingerprint density at radius 2 is 1.95 bits per heavy atom. The fourth-order valence-electron chi connectivity index (χ4n) is 1.62. The third kappa shape index (κ3) is 3.73. The standard InChI is InChI=1S/C12H14F2N2O2S/c13-9-3-8(15)4-10(14)12(9)19(18)6-11(17)16-5-7-1-2-7/h3-4,7H,1-2,5-6,15H2,(H,16,17). The maximum absolute atomic E-state index is 13.5. The number of hydrogen-bond acceptors (Lipinski definition) is 3. The van der Waals surface area contributed by atoms with E-state index >= 15 is 0 Å². The highest BCUT2D eigenvalue weighted by Gasteiger charge is 2.23. The van der Waals surface area contributed by atoms with E-state index < -0.39 is 39.0 Å². The van der Waals surface area contributed by atoms with Crippen LogP contribution in [0.1, 0.15) is 12.8 Å². The predicted octanol–water partition coefficient (Wildman–Crippen LogP) is 1.18. The summed E-state index contributed by atoms with van der Waals surface area (Å²) in [6, 6.07) is 1.77. The molecule has 1 aliphatic rings. The van der Waals surface area contributed by atoms with E-state index in [9.17, 15) is 17.8 Å². The van der Waals surface area contributed by atoms with Crippen LogP contribution in [0.5, 0.6) is 0 Å². The van der Waals surface area contributed by atoms with Crippen molar-refractivity contribution in [3.8, 4) is 0 Å². The molecule has 1 saturated carbocycles. The van der Waals surface area contributed by atoms with Gasteiger partial charge in [0.25, 0.3) is 0 Å². The molecule has 0 heterocycles. The van der Waals surface area contributed by atoms with Gasteiger partial charge in [0.05, 0.1) is 10.8 Å². The number of carbonyl (C=O) groups is 1. The van der Waals surface area contributed by atoms with Gasteiger partial charge in [-0.05, 0) is 30.9 Å². The van der Waals surface area contributed by atoms with Gasteiger partial charge in [-0.25, -0.2) is 8.78 Å². The second-order valence-electron chi connectivity index (χ2n) is 4.55. The molecule has 1 unspecified atom stereocenters. The van der Waals surface area contributed by atoms with Crippen molar-refractivity contribution >= 4 is 22.4 Å². The molecule has 104 valence electrons. The molecule has 0 aromatic heterocycles. The monoisotopic (exact) mass is 288 g/mol. The summed E-state index contributed by atoms with van der Waals surface area (Å²) < 4.78 is 38.8. The van der Waals surface area contributed by atoms with Crippen LogP contribution in [0.15, 0.2) is 17.0 Å². The fourth-order valence-corrected chi connectivity index (χ4v) is 2.66. The van der Waals surface area contributed by atoms with Crippen molar-refractivity contribution in [2.45, 2.75) is 17.7 Å². The predicted molar refractivity (Wildman–Crippen MR) is 67.8 cm³/mol. The number of benzene rings is 1. The van der Waals surface area contributed by atoms with Gasteiger partial charge < -0.3 is 11.1 Å². The lowest BCUT2D eigenvalue weighted by Gasteiger charge is -2.07. The largest absolute Gasteiger partial charge is 0.399 e. The lowest BCUT2D eigenvalue weighted by atomic mass is 10.3. The molecule has 0 aliphatic heterocycles. The number of nitrogens with one attached hydrogen (secondary N) is 1. The molecule has 0 spiro atoms. The van der Waals surface area contributed by atoms with Crippen molar-refractivity contribution in [2.24, 2.45) is 5.92 Å². The molecule has 0 radical (unpaired) electrons. The van der Waals surface area contributed by atoms with Crippen LogP contribution in [0.2, 0.25) is 0 Å². The van der Waals surface area contributed by atoms with E-state index in [4.69, 9.17) is 5.73 Å². The molecule has 7 heteroatoms. The Kier molecular flexibility index (Phi) is 4.14. The zero-order valence-corrected chi connectivity index (χ0v) is 10.9. The number of nitrogen functional groups attached to an aromatic ring is 1. The summed E-state index contributed by atoms with van der Waals surface area (Å²) in [5, 5.41) is 2.59. The number of hydrogen-bond donors (Lipinski definition) is 2. The minimum atomic E-state index is -2.06. The summed E-state index contributed by atoms with van der Waals surface area (Å²) in [6.45, 7) is 0.530. The van der Waals surface area contributed by atoms with Gasteiger partial charge in [0.1, 0.15) is 22.3 Å². The van der Waals surface area contributed by atoms with Gasteiger partial charge in [-0.1, -0.05) is 0 Å². The van der Waals surface area contributed by atoms with E-state index in [1.165, 1.54) is 0 Å². The Morgan fingerprint density at radius 3 is 2.47 bits per heavy atom. The maximum atomic E-state index is 13.5. The molecule has 0 bridgehead atoms. The Balaban J connectivity index is 2.00. The average Bonchev–Trinajstić information content (AvgIpc) is 3.08. The molecule has 2 rings (SSSR count). The van der Waals surface area contributed by atoms with E-state index in [0.29, 0.717) is 12.5 Å². The summed E-state index contributed by atoms with van der Waals surface area (Å²) in [6.07, 6.45) is 2.15. The first kappa shape index (κ1) is 13.9. The lowest BCUT2D eigenvalue weighted by Crippen LogP contribution is -2.30. The summed E-state index contributed by atoms with van der Waals surface area (Å²) >= 11 is 0. The van der Waals surface area contributed by atoms with Gasteiger partial charge in [0.2, 0.25) is 5.91 Å². The van der Waals surface area contributed by atoms with Crippen LogP contribution >= 0.6 is 0 Å². The fraction of sp³-hybridized carbons (Fsp3) is 0.417. The van der Waals surface area contributed by atoms with Gasteiger partial charge in [0.15, 0.2) is 0 Å². The molecular formula is C12H14F2N2O2S. The Labute approximate surface area is 111 Å². The Morgan fingerprint density at radius 1 is 1.37 bits per heavy atom. The topological polar surface area (TPSA) is 72.2 Å². The average molecular weight is 288 g/mol. The second kappa shape index (κ2) is 5.64. The van der Waals surface area contributed by atoms with E-state index in [1.54, 1.807) is 0 Å². The van der Waals surface area contributed by atoms with Crippen molar-refractivity contribution in [1.29, 1.82) is 0 Å². The zero-order valence-electron chi connectivity index (χ0n) is 10.1. The second-order valence-corrected chi connectivity index (χ2v) is 5.94. The van der Waals surface area contributed by atoms with E-state index in [2.05, 4.69) is 5.32 Å². The van der Waals surface area contributed by atoms with E-state index in [1.807, 2.05) is 0 Å². The molecule has 0 saturated heterocycles. The number of rotatable bonds is 5. The van der Waals surface area contributed by atoms with Crippen LogP contribution in [0.4, 0.5) is 14.5 Å². The number of anilines is 1. The molecule has 1 amide bonds. The normalized spacial score (nSPS) is 16.1. The molecule has 1 aliphatic carbocycles. The van der Waals surface area contributed by atoms with Gasteiger partial charge in [0, 0.05) is 12.2 Å². The van der Waals surface area contributed by atoms with Crippen molar-refractivity contribution in [1.82, 2.24) is 5.32 Å². The van der Waals surface area contributed by atoms with Gasteiger partial charge >= 0.3 is 0 Å². The number of nitrogens with two attached hydrogens (primary N) is 1. The lowest BCUT2D eigenvalue weighted by molar-refractivity contribution is -0.118. The Bertz CT molecular complexity index is 509. The first-order chi connectivity index (χ1) is 8.97. The van der Waals surface area contributed by atoms with Gasteiger partial charge in [-0.15, -0.1) is 0 Å². The molecule has 1 atom stereocenters. The van der Waals surface area contributed by atoms with Crippen molar-refractivity contribution < 1.29 is 17.8 Å². The highest BCUT2D eigenvalue weighted by molar-refractivity contribution is 7.85. The molecule has 1 aromatic rings. The van der Waals surface area contributed by atoms with Crippen LogP contribution in [-0.2, 0) is 15.6 Å². The SMILES string of the molecule is Nc1cc(F)c(S(=O)CC(=O)NCC2CC2)c(F)c1. The summed E-state index contributed by atoms with van der Waals surface area (Å²) in [5.41, 5.74) is 5.17. The van der Waals surface area contributed by atoms with Crippen LogP contribution in [-0.4, -0.2) is 22.4 Å².